The molecule has 2 saturated heterocycles. The molecule has 5 nitrogen and oxygen atoms in total. The SMILES string of the molecule is CCc1nnc(C2NCCOC23CNC3)s1. The fourth-order valence-corrected chi connectivity index (χ4v) is 3.21. The van der Waals surface area contributed by atoms with Crippen molar-refractivity contribution in [1.29, 1.82) is 0 Å². The van der Waals surface area contributed by atoms with Gasteiger partial charge in [0, 0.05) is 19.6 Å². The highest BCUT2D eigenvalue weighted by atomic mass is 32.1. The van der Waals surface area contributed by atoms with Gasteiger partial charge in [0.25, 0.3) is 0 Å². The molecule has 1 aromatic heterocycles. The van der Waals surface area contributed by atoms with Crippen molar-refractivity contribution in [3.8, 4) is 0 Å². The summed E-state index contributed by atoms with van der Waals surface area (Å²) in [5, 5.41) is 17.4. The predicted molar refractivity (Wildman–Crippen MR) is 61.6 cm³/mol. The van der Waals surface area contributed by atoms with Gasteiger partial charge in [-0.25, -0.2) is 0 Å². The first kappa shape index (κ1) is 10.6. The number of nitrogens with zero attached hydrogens (tertiary/aromatic N) is 2. The highest BCUT2D eigenvalue weighted by Gasteiger charge is 2.49. The first-order chi connectivity index (χ1) is 7.84. The molecule has 1 aromatic rings. The van der Waals surface area contributed by atoms with Crippen LogP contribution in [-0.4, -0.2) is 42.0 Å². The molecule has 88 valence electrons. The fourth-order valence-electron chi connectivity index (χ4n) is 2.24. The molecule has 0 amide bonds. The Kier molecular flexibility index (Phi) is 2.67. The van der Waals surface area contributed by atoms with E-state index in [4.69, 9.17) is 4.74 Å². The quantitative estimate of drug-likeness (QED) is 0.768. The third-order valence-corrected chi connectivity index (χ3v) is 4.38. The van der Waals surface area contributed by atoms with Gasteiger partial charge in [-0.2, -0.15) is 0 Å². The molecular weight excluding hydrogens is 224 g/mol. The topological polar surface area (TPSA) is 59.1 Å². The lowest BCUT2D eigenvalue weighted by molar-refractivity contribution is -0.128. The van der Waals surface area contributed by atoms with Crippen molar-refractivity contribution in [2.24, 2.45) is 0 Å². The Labute approximate surface area is 98.6 Å². The summed E-state index contributed by atoms with van der Waals surface area (Å²) < 4.78 is 5.93. The molecule has 1 unspecified atom stereocenters. The second-order valence-electron chi connectivity index (χ2n) is 4.29. The minimum absolute atomic E-state index is 0.0806. The van der Waals surface area contributed by atoms with Crippen molar-refractivity contribution in [1.82, 2.24) is 20.8 Å². The molecule has 2 aliphatic rings. The van der Waals surface area contributed by atoms with Crippen LogP contribution in [0.4, 0.5) is 0 Å². The van der Waals surface area contributed by atoms with Crippen LogP contribution < -0.4 is 10.6 Å². The maximum Gasteiger partial charge on any atom is 0.137 e. The molecule has 16 heavy (non-hydrogen) atoms. The zero-order valence-corrected chi connectivity index (χ0v) is 10.1. The third kappa shape index (κ3) is 1.57. The lowest BCUT2D eigenvalue weighted by Gasteiger charge is -2.49. The lowest BCUT2D eigenvalue weighted by Crippen LogP contribution is -2.69. The Bertz CT molecular complexity index is 377. The Hall–Kier alpha value is -0.560. The molecule has 3 heterocycles. The molecule has 2 aliphatic heterocycles. The molecule has 3 rings (SSSR count). The summed E-state index contributed by atoms with van der Waals surface area (Å²) in [7, 11) is 0. The summed E-state index contributed by atoms with van der Waals surface area (Å²) >= 11 is 1.70. The molecule has 0 bridgehead atoms. The summed E-state index contributed by atoms with van der Waals surface area (Å²) in [4.78, 5) is 0. The number of morpholine rings is 1. The zero-order chi connectivity index (χ0) is 11.0. The monoisotopic (exact) mass is 240 g/mol. The van der Waals surface area contributed by atoms with Crippen LogP contribution in [0.1, 0.15) is 23.0 Å². The second-order valence-corrected chi connectivity index (χ2v) is 5.39. The normalized spacial score (nSPS) is 27.9. The van der Waals surface area contributed by atoms with E-state index in [1.165, 1.54) is 0 Å². The van der Waals surface area contributed by atoms with Crippen molar-refractivity contribution in [3.63, 3.8) is 0 Å². The molecule has 6 heteroatoms. The van der Waals surface area contributed by atoms with Crippen molar-refractivity contribution in [2.45, 2.75) is 25.0 Å². The molecule has 2 N–H and O–H groups in total. The van der Waals surface area contributed by atoms with E-state index in [0.29, 0.717) is 0 Å². The van der Waals surface area contributed by atoms with Gasteiger partial charge >= 0.3 is 0 Å². The van der Waals surface area contributed by atoms with Gasteiger partial charge in [0.2, 0.25) is 0 Å². The average Bonchev–Trinajstić information content (AvgIpc) is 2.75. The number of ether oxygens (including phenoxy) is 1. The van der Waals surface area contributed by atoms with E-state index in [-0.39, 0.29) is 11.6 Å². The minimum Gasteiger partial charge on any atom is -0.369 e. The summed E-state index contributed by atoms with van der Waals surface area (Å²) in [5.74, 6) is 0. The molecule has 1 atom stereocenters. The number of aromatic nitrogens is 2. The first-order valence-electron chi connectivity index (χ1n) is 5.74. The van der Waals surface area contributed by atoms with Gasteiger partial charge in [0.15, 0.2) is 0 Å². The highest BCUT2D eigenvalue weighted by molar-refractivity contribution is 7.11. The standard InChI is InChI=1S/C10H16N4OS/c1-2-7-13-14-9(16-7)8-10(5-11-6-10)15-4-3-12-8/h8,11-12H,2-6H2,1H3. The molecule has 0 radical (unpaired) electrons. The maximum atomic E-state index is 5.93. The van der Waals surface area contributed by atoms with Crippen LogP contribution >= 0.6 is 11.3 Å². The van der Waals surface area contributed by atoms with E-state index in [2.05, 4.69) is 27.8 Å². The van der Waals surface area contributed by atoms with Gasteiger partial charge in [-0.3, -0.25) is 0 Å². The van der Waals surface area contributed by atoms with Gasteiger partial charge in [-0.15, -0.1) is 10.2 Å². The van der Waals surface area contributed by atoms with E-state index in [0.717, 1.165) is 42.7 Å². The van der Waals surface area contributed by atoms with Crippen molar-refractivity contribution >= 4 is 11.3 Å². The largest absolute Gasteiger partial charge is 0.369 e. The summed E-state index contributed by atoms with van der Waals surface area (Å²) in [6.07, 6.45) is 0.955. The first-order valence-corrected chi connectivity index (χ1v) is 6.56. The minimum atomic E-state index is -0.0806. The van der Waals surface area contributed by atoms with Crippen molar-refractivity contribution < 1.29 is 4.74 Å². The van der Waals surface area contributed by atoms with Crippen molar-refractivity contribution in [3.05, 3.63) is 10.0 Å². The van der Waals surface area contributed by atoms with Crippen LogP contribution in [0.2, 0.25) is 0 Å². The molecule has 2 fully saturated rings. The van der Waals surface area contributed by atoms with Gasteiger partial charge in [-0.1, -0.05) is 18.3 Å². The Balaban J connectivity index is 1.85. The van der Waals surface area contributed by atoms with Gasteiger partial charge in [-0.05, 0) is 6.42 Å². The summed E-state index contributed by atoms with van der Waals surface area (Å²) in [5.41, 5.74) is -0.0806. The highest BCUT2D eigenvalue weighted by Crippen LogP contribution is 2.36. The molecular formula is C10H16N4OS. The average molecular weight is 240 g/mol. The lowest BCUT2D eigenvalue weighted by atomic mass is 9.87. The number of nitrogens with one attached hydrogen (secondary N) is 2. The Morgan fingerprint density at radius 2 is 2.38 bits per heavy atom. The third-order valence-electron chi connectivity index (χ3n) is 3.25. The molecule has 0 saturated carbocycles. The molecule has 1 spiro atoms. The van der Waals surface area contributed by atoms with Crippen LogP contribution in [0.15, 0.2) is 0 Å². The van der Waals surface area contributed by atoms with E-state index in [1.54, 1.807) is 11.3 Å². The smallest absolute Gasteiger partial charge is 0.137 e. The van der Waals surface area contributed by atoms with E-state index in [9.17, 15) is 0 Å². The molecule has 0 aromatic carbocycles. The second kappa shape index (κ2) is 4.03. The van der Waals surface area contributed by atoms with E-state index in [1.807, 2.05) is 0 Å². The van der Waals surface area contributed by atoms with Crippen LogP contribution in [0.5, 0.6) is 0 Å². The summed E-state index contributed by atoms with van der Waals surface area (Å²) in [6.45, 7) is 5.61. The Morgan fingerprint density at radius 3 is 3.00 bits per heavy atom. The Morgan fingerprint density at radius 1 is 1.50 bits per heavy atom. The number of hydrogen-bond donors (Lipinski definition) is 2. The van der Waals surface area contributed by atoms with Crippen LogP contribution in [0, 0.1) is 0 Å². The van der Waals surface area contributed by atoms with Gasteiger partial charge < -0.3 is 15.4 Å². The number of hydrogen-bond acceptors (Lipinski definition) is 6. The predicted octanol–water partition coefficient (Wildman–Crippen LogP) is 0.103. The fraction of sp³-hybridized carbons (Fsp3) is 0.800. The van der Waals surface area contributed by atoms with E-state index >= 15 is 0 Å². The summed E-state index contributed by atoms with van der Waals surface area (Å²) in [6, 6.07) is 0.209. The molecule has 0 aliphatic carbocycles. The van der Waals surface area contributed by atoms with Crippen LogP contribution in [-0.2, 0) is 11.2 Å². The van der Waals surface area contributed by atoms with Crippen LogP contribution in [0.25, 0.3) is 0 Å². The zero-order valence-electron chi connectivity index (χ0n) is 9.32. The number of rotatable bonds is 2. The maximum absolute atomic E-state index is 5.93. The number of aryl methyl sites for hydroxylation is 1. The van der Waals surface area contributed by atoms with Crippen LogP contribution in [0.3, 0.4) is 0 Å². The van der Waals surface area contributed by atoms with Gasteiger partial charge in [0.05, 0.1) is 12.6 Å². The van der Waals surface area contributed by atoms with Gasteiger partial charge in [0.1, 0.15) is 15.6 Å². The van der Waals surface area contributed by atoms with Crippen molar-refractivity contribution in [2.75, 3.05) is 26.2 Å². The van der Waals surface area contributed by atoms with E-state index < -0.39 is 0 Å².